The number of anilines is 1. The number of para-hydroxylation sites is 1. The van der Waals surface area contributed by atoms with Crippen molar-refractivity contribution in [3.63, 3.8) is 0 Å². The van der Waals surface area contributed by atoms with Gasteiger partial charge in [0.05, 0.1) is 12.7 Å². The largest absolute Gasteiger partial charge is 0.508 e. The van der Waals surface area contributed by atoms with E-state index in [-0.39, 0.29) is 11.3 Å². The van der Waals surface area contributed by atoms with E-state index in [9.17, 15) is 14.3 Å². The molecule has 0 atom stereocenters. The van der Waals surface area contributed by atoms with E-state index in [4.69, 9.17) is 0 Å². The second-order valence-corrected chi connectivity index (χ2v) is 4.16. The van der Waals surface area contributed by atoms with Crippen LogP contribution in [0.2, 0.25) is 0 Å². The van der Waals surface area contributed by atoms with Crippen LogP contribution >= 0.6 is 0 Å². The average Bonchev–Trinajstić information content (AvgIpc) is 2.46. The molecule has 4 nitrogen and oxygen atoms in total. The zero-order valence-electron chi connectivity index (χ0n) is 10.9. The van der Waals surface area contributed by atoms with Gasteiger partial charge >= 0.3 is 5.97 Å². The lowest BCUT2D eigenvalue weighted by Crippen LogP contribution is -2.08. The molecular weight excluding hydrogens is 261 g/mol. The number of ether oxygens (including phenoxy) is 1. The summed E-state index contributed by atoms with van der Waals surface area (Å²) in [6.45, 7) is 0.308. The second kappa shape index (κ2) is 6.06. The van der Waals surface area contributed by atoms with Crippen LogP contribution in [0.1, 0.15) is 15.9 Å². The third-order valence-corrected chi connectivity index (χ3v) is 2.85. The molecule has 0 aliphatic carbocycles. The molecule has 0 aliphatic heterocycles. The van der Waals surface area contributed by atoms with Crippen molar-refractivity contribution in [2.24, 2.45) is 0 Å². The predicted molar refractivity (Wildman–Crippen MR) is 73.2 cm³/mol. The summed E-state index contributed by atoms with van der Waals surface area (Å²) in [5.41, 5.74) is 1.23. The molecular formula is C15H14FNO3. The lowest BCUT2D eigenvalue weighted by atomic mass is 10.1. The Morgan fingerprint density at radius 2 is 2.05 bits per heavy atom. The van der Waals surface area contributed by atoms with Crippen LogP contribution in [0.25, 0.3) is 0 Å². The minimum absolute atomic E-state index is 0.114. The van der Waals surface area contributed by atoms with Crippen LogP contribution in [0, 0.1) is 5.82 Å². The van der Waals surface area contributed by atoms with Crippen molar-refractivity contribution < 1.29 is 19.0 Å². The first-order valence-corrected chi connectivity index (χ1v) is 6.00. The normalized spacial score (nSPS) is 10.1. The van der Waals surface area contributed by atoms with E-state index in [1.807, 2.05) is 0 Å². The third-order valence-electron chi connectivity index (χ3n) is 2.85. The number of hydrogen-bond donors (Lipinski definition) is 2. The standard InChI is InChI=1S/C15H14FNO3/c1-20-15(19)12-8-11(16)6-7-13(12)17-9-10-4-2-3-5-14(10)18/h2-8,17-18H,9H2,1H3. The number of rotatable bonds is 4. The zero-order valence-corrected chi connectivity index (χ0v) is 10.9. The third kappa shape index (κ3) is 3.06. The first-order valence-electron chi connectivity index (χ1n) is 6.00. The molecule has 0 fully saturated rings. The van der Waals surface area contributed by atoms with Crippen molar-refractivity contribution in [3.8, 4) is 5.75 Å². The highest BCUT2D eigenvalue weighted by Gasteiger charge is 2.13. The highest BCUT2D eigenvalue weighted by molar-refractivity contribution is 5.95. The molecule has 104 valence electrons. The minimum atomic E-state index is -0.621. The maximum Gasteiger partial charge on any atom is 0.340 e. The Hall–Kier alpha value is -2.56. The topological polar surface area (TPSA) is 58.6 Å². The summed E-state index contributed by atoms with van der Waals surface area (Å²) in [6, 6.07) is 10.7. The predicted octanol–water partition coefficient (Wildman–Crippen LogP) is 2.93. The van der Waals surface area contributed by atoms with Gasteiger partial charge < -0.3 is 15.2 Å². The molecule has 2 aromatic rings. The van der Waals surface area contributed by atoms with E-state index in [2.05, 4.69) is 10.1 Å². The summed E-state index contributed by atoms with van der Waals surface area (Å²) in [7, 11) is 1.24. The quantitative estimate of drug-likeness (QED) is 0.842. The van der Waals surface area contributed by atoms with Gasteiger partial charge in [-0.1, -0.05) is 18.2 Å². The van der Waals surface area contributed by atoms with Gasteiger partial charge in [0, 0.05) is 17.8 Å². The number of phenolic OH excluding ortho intramolecular Hbond substituents is 1. The molecule has 2 rings (SSSR count). The van der Waals surface area contributed by atoms with E-state index in [0.29, 0.717) is 17.8 Å². The highest BCUT2D eigenvalue weighted by Crippen LogP contribution is 2.21. The van der Waals surface area contributed by atoms with E-state index in [1.54, 1.807) is 24.3 Å². The lowest BCUT2D eigenvalue weighted by molar-refractivity contribution is 0.0601. The van der Waals surface area contributed by atoms with Crippen LogP contribution in [-0.4, -0.2) is 18.2 Å². The van der Waals surface area contributed by atoms with Gasteiger partial charge in [-0.3, -0.25) is 0 Å². The summed E-state index contributed by atoms with van der Waals surface area (Å²) in [4.78, 5) is 11.6. The maximum absolute atomic E-state index is 13.2. The zero-order chi connectivity index (χ0) is 14.5. The number of nitrogens with one attached hydrogen (secondary N) is 1. The lowest BCUT2D eigenvalue weighted by Gasteiger charge is -2.11. The number of benzene rings is 2. The molecule has 2 aromatic carbocycles. The number of esters is 1. The molecule has 0 heterocycles. The number of hydrogen-bond acceptors (Lipinski definition) is 4. The summed E-state index contributed by atoms with van der Waals surface area (Å²) < 4.78 is 17.8. The molecule has 0 spiro atoms. The average molecular weight is 275 g/mol. The van der Waals surface area contributed by atoms with Crippen LogP contribution in [-0.2, 0) is 11.3 Å². The van der Waals surface area contributed by atoms with Crippen molar-refractivity contribution >= 4 is 11.7 Å². The molecule has 0 bridgehead atoms. The molecule has 20 heavy (non-hydrogen) atoms. The first kappa shape index (κ1) is 13.9. The van der Waals surface area contributed by atoms with Crippen molar-refractivity contribution in [2.45, 2.75) is 6.54 Å². The van der Waals surface area contributed by atoms with Crippen molar-refractivity contribution in [1.82, 2.24) is 0 Å². The molecule has 0 saturated heterocycles. The van der Waals surface area contributed by atoms with Gasteiger partial charge in [-0.2, -0.15) is 0 Å². The monoisotopic (exact) mass is 275 g/mol. The van der Waals surface area contributed by atoms with Gasteiger partial charge in [0.15, 0.2) is 0 Å². The van der Waals surface area contributed by atoms with Crippen LogP contribution in [0.4, 0.5) is 10.1 Å². The van der Waals surface area contributed by atoms with Crippen molar-refractivity contribution in [3.05, 3.63) is 59.4 Å². The Morgan fingerprint density at radius 1 is 1.30 bits per heavy atom. The van der Waals surface area contributed by atoms with E-state index >= 15 is 0 Å². The van der Waals surface area contributed by atoms with Crippen LogP contribution in [0.15, 0.2) is 42.5 Å². The van der Waals surface area contributed by atoms with Crippen molar-refractivity contribution in [2.75, 3.05) is 12.4 Å². The minimum Gasteiger partial charge on any atom is -0.508 e. The first-order chi connectivity index (χ1) is 9.61. The molecule has 2 N–H and O–H groups in total. The van der Waals surface area contributed by atoms with Gasteiger partial charge in [-0.05, 0) is 24.3 Å². The molecule has 0 aromatic heterocycles. The molecule has 0 saturated carbocycles. The smallest absolute Gasteiger partial charge is 0.340 e. The second-order valence-electron chi connectivity index (χ2n) is 4.16. The summed E-state index contributed by atoms with van der Waals surface area (Å²) in [6.07, 6.45) is 0. The van der Waals surface area contributed by atoms with E-state index < -0.39 is 11.8 Å². The van der Waals surface area contributed by atoms with Crippen molar-refractivity contribution in [1.29, 1.82) is 0 Å². The fraction of sp³-hybridized carbons (Fsp3) is 0.133. The SMILES string of the molecule is COC(=O)c1cc(F)ccc1NCc1ccccc1O. The van der Waals surface area contributed by atoms with Gasteiger partial charge in [0.2, 0.25) is 0 Å². The van der Waals surface area contributed by atoms with Crippen LogP contribution in [0.5, 0.6) is 5.75 Å². The fourth-order valence-electron chi connectivity index (χ4n) is 1.80. The molecule has 0 unspecified atom stereocenters. The van der Waals surface area contributed by atoms with E-state index in [0.717, 1.165) is 6.07 Å². The van der Waals surface area contributed by atoms with Crippen LogP contribution < -0.4 is 5.32 Å². The van der Waals surface area contributed by atoms with Gasteiger partial charge in [0.25, 0.3) is 0 Å². The van der Waals surface area contributed by atoms with Gasteiger partial charge in [-0.25, -0.2) is 9.18 Å². The number of carbonyl (C=O) groups excluding carboxylic acids is 1. The number of halogens is 1. The van der Waals surface area contributed by atoms with Crippen LogP contribution in [0.3, 0.4) is 0 Å². The number of methoxy groups -OCH3 is 1. The van der Waals surface area contributed by atoms with Gasteiger partial charge in [0.1, 0.15) is 11.6 Å². The maximum atomic E-state index is 13.2. The Balaban J connectivity index is 2.21. The molecule has 5 heteroatoms. The molecule has 0 aliphatic rings. The molecule has 0 amide bonds. The number of carbonyl (C=O) groups is 1. The highest BCUT2D eigenvalue weighted by atomic mass is 19.1. The Kier molecular flexibility index (Phi) is 4.20. The van der Waals surface area contributed by atoms with E-state index in [1.165, 1.54) is 19.2 Å². The summed E-state index contributed by atoms with van der Waals surface area (Å²) in [5.74, 6) is -0.982. The number of aromatic hydroxyl groups is 1. The summed E-state index contributed by atoms with van der Waals surface area (Å²) >= 11 is 0. The van der Waals surface area contributed by atoms with Gasteiger partial charge in [-0.15, -0.1) is 0 Å². The summed E-state index contributed by atoms with van der Waals surface area (Å²) in [5, 5.41) is 12.7. The Labute approximate surface area is 115 Å². The fourth-order valence-corrected chi connectivity index (χ4v) is 1.80. The Bertz CT molecular complexity index is 628. The molecule has 0 radical (unpaired) electrons. The Morgan fingerprint density at radius 3 is 2.75 bits per heavy atom. The number of phenols is 1.